The standard InChI is InChI=1S/C13H17NO3/c1-10(15)14-9-8-12-4-2-11(3-5-12)6-7-13(16)17/h2-5H,6-9H2,1H3,(H,14,15)(H,16,17). The van der Waals surface area contributed by atoms with E-state index in [0.717, 1.165) is 17.5 Å². The summed E-state index contributed by atoms with van der Waals surface area (Å²) in [6, 6.07) is 7.82. The van der Waals surface area contributed by atoms with Crippen LogP contribution in [0.5, 0.6) is 0 Å². The van der Waals surface area contributed by atoms with Crippen molar-refractivity contribution in [2.24, 2.45) is 0 Å². The molecule has 17 heavy (non-hydrogen) atoms. The highest BCUT2D eigenvalue weighted by Gasteiger charge is 1.99. The third-order valence-corrected chi connectivity index (χ3v) is 2.44. The summed E-state index contributed by atoms with van der Waals surface area (Å²) >= 11 is 0. The Labute approximate surface area is 101 Å². The molecule has 0 aliphatic rings. The van der Waals surface area contributed by atoms with Crippen LogP contribution in [0.2, 0.25) is 0 Å². The third-order valence-electron chi connectivity index (χ3n) is 2.44. The molecule has 0 spiro atoms. The second kappa shape index (κ2) is 6.68. The fraction of sp³-hybridized carbons (Fsp3) is 0.385. The Bertz CT molecular complexity index is 384. The van der Waals surface area contributed by atoms with E-state index in [4.69, 9.17) is 5.11 Å². The summed E-state index contributed by atoms with van der Waals surface area (Å²) in [6.45, 7) is 2.12. The van der Waals surface area contributed by atoms with Crippen LogP contribution in [0.1, 0.15) is 24.5 Å². The van der Waals surface area contributed by atoms with Crippen LogP contribution in [-0.4, -0.2) is 23.5 Å². The first-order valence-corrected chi connectivity index (χ1v) is 5.62. The summed E-state index contributed by atoms with van der Waals surface area (Å²) in [5.41, 5.74) is 2.16. The molecule has 4 heteroatoms. The van der Waals surface area contributed by atoms with Gasteiger partial charge in [0.05, 0.1) is 0 Å². The smallest absolute Gasteiger partial charge is 0.303 e. The van der Waals surface area contributed by atoms with Gasteiger partial charge in [-0.15, -0.1) is 0 Å². The van der Waals surface area contributed by atoms with Gasteiger partial charge in [-0.2, -0.15) is 0 Å². The number of benzene rings is 1. The Morgan fingerprint density at radius 3 is 2.12 bits per heavy atom. The number of hydrogen-bond donors (Lipinski definition) is 2. The number of carboxylic acid groups (broad SMARTS) is 1. The maximum Gasteiger partial charge on any atom is 0.303 e. The molecule has 0 unspecified atom stereocenters. The van der Waals surface area contributed by atoms with Gasteiger partial charge in [0.2, 0.25) is 5.91 Å². The van der Waals surface area contributed by atoms with Crippen molar-refractivity contribution in [1.29, 1.82) is 0 Å². The Morgan fingerprint density at radius 1 is 1.12 bits per heavy atom. The predicted molar refractivity (Wildman–Crippen MR) is 64.8 cm³/mol. The van der Waals surface area contributed by atoms with E-state index >= 15 is 0 Å². The van der Waals surface area contributed by atoms with Crippen molar-refractivity contribution in [1.82, 2.24) is 5.32 Å². The van der Waals surface area contributed by atoms with Crippen LogP contribution >= 0.6 is 0 Å². The van der Waals surface area contributed by atoms with Crippen LogP contribution < -0.4 is 5.32 Å². The van der Waals surface area contributed by atoms with Crippen LogP contribution in [0.15, 0.2) is 24.3 Å². The molecule has 1 aromatic carbocycles. The minimum absolute atomic E-state index is 0.0249. The van der Waals surface area contributed by atoms with E-state index < -0.39 is 5.97 Å². The van der Waals surface area contributed by atoms with Gasteiger partial charge in [0.15, 0.2) is 0 Å². The van der Waals surface area contributed by atoms with Crippen LogP contribution in [-0.2, 0) is 22.4 Å². The number of aryl methyl sites for hydroxylation is 1. The lowest BCUT2D eigenvalue weighted by Crippen LogP contribution is -2.22. The van der Waals surface area contributed by atoms with E-state index in [1.807, 2.05) is 24.3 Å². The average molecular weight is 235 g/mol. The van der Waals surface area contributed by atoms with Gasteiger partial charge in [0.25, 0.3) is 0 Å². The van der Waals surface area contributed by atoms with Crippen molar-refractivity contribution < 1.29 is 14.7 Å². The molecule has 0 bridgehead atoms. The fourth-order valence-electron chi connectivity index (χ4n) is 1.51. The van der Waals surface area contributed by atoms with Crippen molar-refractivity contribution >= 4 is 11.9 Å². The highest BCUT2D eigenvalue weighted by atomic mass is 16.4. The summed E-state index contributed by atoms with van der Waals surface area (Å²) in [4.78, 5) is 21.1. The molecule has 0 saturated carbocycles. The molecule has 1 amide bonds. The number of carbonyl (C=O) groups excluding carboxylic acids is 1. The van der Waals surface area contributed by atoms with Crippen LogP contribution in [0.25, 0.3) is 0 Å². The van der Waals surface area contributed by atoms with Gasteiger partial charge in [-0.1, -0.05) is 24.3 Å². The molecule has 2 N–H and O–H groups in total. The minimum atomic E-state index is -0.778. The van der Waals surface area contributed by atoms with E-state index in [-0.39, 0.29) is 12.3 Å². The Balaban J connectivity index is 2.39. The van der Waals surface area contributed by atoms with Crippen LogP contribution in [0.4, 0.5) is 0 Å². The number of hydrogen-bond acceptors (Lipinski definition) is 2. The molecule has 92 valence electrons. The number of rotatable bonds is 6. The topological polar surface area (TPSA) is 66.4 Å². The molecule has 0 radical (unpaired) electrons. The minimum Gasteiger partial charge on any atom is -0.481 e. The maximum atomic E-state index is 10.7. The normalized spacial score (nSPS) is 9.94. The van der Waals surface area contributed by atoms with Crippen LogP contribution in [0, 0.1) is 0 Å². The molecule has 0 saturated heterocycles. The zero-order valence-corrected chi connectivity index (χ0v) is 9.90. The molecule has 0 fully saturated rings. The number of aliphatic carboxylic acids is 1. The number of nitrogens with one attached hydrogen (secondary N) is 1. The molecule has 1 aromatic rings. The van der Waals surface area contributed by atoms with Gasteiger partial charge in [-0.05, 0) is 24.0 Å². The summed E-state index contributed by atoms with van der Waals surface area (Å²) in [5.74, 6) is -0.803. The van der Waals surface area contributed by atoms with Gasteiger partial charge in [-0.25, -0.2) is 0 Å². The maximum absolute atomic E-state index is 10.7. The first kappa shape index (κ1) is 13.2. The monoisotopic (exact) mass is 235 g/mol. The lowest BCUT2D eigenvalue weighted by atomic mass is 10.1. The predicted octanol–water partition coefficient (Wildman–Crippen LogP) is 1.38. The van der Waals surface area contributed by atoms with Crippen molar-refractivity contribution in [3.8, 4) is 0 Å². The second-order valence-corrected chi connectivity index (χ2v) is 3.94. The highest BCUT2D eigenvalue weighted by molar-refractivity contribution is 5.72. The second-order valence-electron chi connectivity index (χ2n) is 3.94. The SMILES string of the molecule is CC(=O)NCCc1ccc(CCC(=O)O)cc1. The van der Waals surface area contributed by atoms with Crippen molar-refractivity contribution in [2.75, 3.05) is 6.54 Å². The van der Waals surface area contributed by atoms with E-state index in [1.54, 1.807) is 0 Å². The highest BCUT2D eigenvalue weighted by Crippen LogP contribution is 2.07. The van der Waals surface area contributed by atoms with E-state index in [1.165, 1.54) is 6.92 Å². The van der Waals surface area contributed by atoms with Gasteiger partial charge < -0.3 is 10.4 Å². The number of amides is 1. The summed E-state index contributed by atoms with van der Waals surface area (Å²) in [6.07, 6.45) is 1.51. The largest absolute Gasteiger partial charge is 0.481 e. The number of carbonyl (C=O) groups is 2. The molecular formula is C13H17NO3. The van der Waals surface area contributed by atoms with Crippen molar-refractivity contribution in [3.63, 3.8) is 0 Å². The lowest BCUT2D eigenvalue weighted by molar-refractivity contribution is -0.137. The molecule has 1 rings (SSSR count). The molecule has 0 heterocycles. The summed E-state index contributed by atoms with van der Waals surface area (Å²) < 4.78 is 0. The molecule has 0 aromatic heterocycles. The average Bonchev–Trinajstić information content (AvgIpc) is 2.27. The van der Waals surface area contributed by atoms with Crippen LogP contribution in [0.3, 0.4) is 0 Å². The van der Waals surface area contributed by atoms with Gasteiger partial charge in [0, 0.05) is 19.9 Å². The molecule has 4 nitrogen and oxygen atoms in total. The zero-order chi connectivity index (χ0) is 12.7. The molecule has 0 aliphatic carbocycles. The van der Waals surface area contributed by atoms with Gasteiger partial charge >= 0.3 is 5.97 Å². The van der Waals surface area contributed by atoms with Gasteiger partial charge in [0.1, 0.15) is 0 Å². The quantitative estimate of drug-likeness (QED) is 0.782. The Kier molecular flexibility index (Phi) is 5.20. The summed E-state index contributed by atoms with van der Waals surface area (Å²) in [5, 5.41) is 11.3. The molecule has 0 aliphatic heterocycles. The number of carboxylic acids is 1. The Hall–Kier alpha value is -1.84. The first-order valence-electron chi connectivity index (χ1n) is 5.62. The molecular weight excluding hydrogens is 218 g/mol. The first-order chi connectivity index (χ1) is 8.08. The van der Waals surface area contributed by atoms with Crippen molar-refractivity contribution in [3.05, 3.63) is 35.4 Å². The molecule has 0 atom stereocenters. The zero-order valence-electron chi connectivity index (χ0n) is 9.90. The van der Waals surface area contributed by atoms with E-state index in [0.29, 0.717) is 13.0 Å². The Morgan fingerprint density at radius 2 is 1.65 bits per heavy atom. The fourth-order valence-corrected chi connectivity index (χ4v) is 1.51. The summed E-state index contributed by atoms with van der Waals surface area (Å²) in [7, 11) is 0. The van der Waals surface area contributed by atoms with E-state index in [2.05, 4.69) is 5.32 Å². The third kappa shape index (κ3) is 5.70. The van der Waals surface area contributed by atoms with E-state index in [9.17, 15) is 9.59 Å². The van der Waals surface area contributed by atoms with Gasteiger partial charge in [-0.3, -0.25) is 9.59 Å². The van der Waals surface area contributed by atoms with Crippen molar-refractivity contribution in [2.45, 2.75) is 26.2 Å². The lowest BCUT2D eigenvalue weighted by Gasteiger charge is -2.04.